The molecule has 186 valence electrons. The zero-order valence-corrected chi connectivity index (χ0v) is 20.2. The van der Waals surface area contributed by atoms with Crippen LogP contribution in [0.3, 0.4) is 0 Å². The van der Waals surface area contributed by atoms with Crippen molar-refractivity contribution in [3.63, 3.8) is 0 Å². The van der Waals surface area contributed by atoms with Crippen molar-refractivity contribution in [3.8, 4) is 11.5 Å². The Bertz CT molecular complexity index is 1150. The number of amides is 1. The van der Waals surface area contributed by atoms with E-state index in [1.54, 1.807) is 0 Å². The molecule has 0 saturated carbocycles. The van der Waals surface area contributed by atoms with Crippen LogP contribution in [0, 0.1) is 0 Å². The van der Waals surface area contributed by atoms with Gasteiger partial charge in [0.15, 0.2) is 16.6 Å². The van der Waals surface area contributed by atoms with Gasteiger partial charge in [-0.1, -0.05) is 0 Å². The predicted molar refractivity (Wildman–Crippen MR) is 123 cm³/mol. The van der Waals surface area contributed by atoms with Crippen LogP contribution in [0.4, 0.5) is 18.9 Å². The van der Waals surface area contributed by atoms with E-state index in [-0.39, 0.29) is 39.2 Å². The zero-order valence-electron chi connectivity index (χ0n) is 18.6. The highest BCUT2D eigenvalue weighted by molar-refractivity contribution is 7.89. The van der Waals surface area contributed by atoms with Crippen molar-refractivity contribution >= 4 is 38.9 Å². The van der Waals surface area contributed by atoms with E-state index in [0.29, 0.717) is 0 Å². The SMILES string of the molecule is COc1cc(CC(=O)NNC(=S)Nc2ccc(C(F)(F)F)cc2)c(S(=O)(=O)N(C)C)cc1OC. The van der Waals surface area contributed by atoms with Crippen LogP contribution in [0.15, 0.2) is 41.3 Å². The minimum absolute atomic E-state index is 0.0958. The van der Waals surface area contributed by atoms with E-state index in [1.165, 1.54) is 52.6 Å². The zero-order chi connectivity index (χ0) is 25.7. The number of benzene rings is 2. The molecule has 34 heavy (non-hydrogen) atoms. The molecule has 14 heteroatoms. The number of nitrogens with zero attached hydrogens (tertiary/aromatic N) is 1. The molecule has 0 aromatic heterocycles. The summed E-state index contributed by atoms with van der Waals surface area (Å²) < 4.78 is 74.8. The van der Waals surface area contributed by atoms with E-state index >= 15 is 0 Å². The topological polar surface area (TPSA) is 109 Å². The van der Waals surface area contributed by atoms with Gasteiger partial charge in [0, 0.05) is 25.8 Å². The number of nitrogens with one attached hydrogen (secondary N) is 3. The number of rotatable bonds is 7. The Balaban J connectivity index is 2.11. The molecule has 0 aliphatic carbocycles. The molecule has 0 bridgehead atoms. The fraction of sp³-hybridized carbons (Fsp3) is 0.300. The second kappa shape index (κ2) is 10.9. The number of sulfonamides is 1. The van der Waals surface area contributed by atoms with Crippen molar-refractivity contribution in [2.45, 2.75) is 17.5 Å². The smallest absolute Gasteiger partial charge is 0.416 e. The standard InChI is InChI=1S/C20H23F3N4O5S2/c1-27(2)34(29,30)17-11-16(32-4)15(31-3)9-12(17)10-18(28)25-26-19(33)24-14-7-5-13(6-8-14)20(21,22)23/h5-9,11H,10H2,1-4H3,(H,25,28)(H2,24,26,33). The largest absolute Gasteiger partial charge is 0.493 e. The van der Waals surface area contributed by atoms with E-state index in [1.807, 2.05) is 0 Å². The first-order valence-electron chi connectivity index (χ1n) is 9.50. The van der Waals surface area contributed by atoms with Gasteiger partial charge in [-0.15, -0.1) is 0 Å². The molecule has 1 amide bonds. The Labute approximate surface area is 200 Å². The first-order chi connectivity index (χ1) is 15.8. The second-order valence-electron chi connectivity index (χ2n) is 6.98. The van der Waals surface area contributed by atoms with Gasteiger partial charge < -0.3 is 14.8 Å². The Kier molecular flexibility index (Phi) is 8.69. The molecule has 2 aromatic rings. The van der Waals surface area contributed by atoms with Crippen molar-refractivity contribution in [1.82, 2.24) is 15.2 Å². The molecule has 9 nitrogen and oxygen atoms in total. The third-order valence-electron chi connectivity index (χ3n) is 4.46. The summed E-state index contributed by atoms with van der Waals surface area (Å²) in [5.74, 6) is -0.235. The molecule has 3 N–H and O–H groups in total. The molecule has 2 rings (SSSR count). The van der Waals surface area contributed by atoms with Crippen LogP contribution in [-0.2, 0) is 27.4 Å². The van der Waals surface area contributed by atoms with E-state index in [4.69, 9.17) is 21.7 Å². The van der Waals surface area contributed by atoms with Crippen molar-refractivity contribution < 1.29 is 35.9 Å². The number of anilines is 1. The number of alkyl halides is 3. The first kappa shape index (κ1) is 27.1. The summed E-state index contributed by atoms with van der Waals surface area (Å²) in [6.45, 7) is 0. The average Bonchev–Trinajstić information content (AvgIpc) is 2.76. The van der Waals surface area contributed by atoms with E-state index in [9.17, 15) is 26.4 Å². The Hall–Kier alpha value is -3.10. The predicted octanol–water partition coefficient (Wildman–Crippen LogP) is 2.53. The number of halogens is 3. The van der Waals surface area contributed by atoms with Gasteiger partial charge in [0.25, 0.3) is 0 Å². The maximum absolute atomic E-state index is 12.7. The van der Waals surface area contributed by atoms with Crippen LogP contribution >= 0.6 is 12.2 Å². The van der Waals surface area contributed by atoms with Gasteiger partial charge in [-0.05, 0) is 48.1 Å². The van der Waals surface area contributed by atoms with E-state index in [0.717, 1.165) is 16.4 Å². The van der Waals surface area contributed by atoms with Gasteiger partial charge in [-0.2, -0.15) is 13.2 Å². The maximum Gasteiger partial charge on any atom is 0.416 e. The van der Waals surface area contributed by atoms with Crippen LogP contribution in [0.1, 0.15) is 11.1 Å². The highest BCUT2D eigenvalue weighted by atomic mass is 32.2. The van der Waals surface area contributed by atoms with Crippen LogP contribution < -0.4 is 25.6 Å². The second-order valence-corrected chi connectivity index (χ2v) is 9.51. The van der Waals surface area contributed by atoms with Gasteiger partial charge in [0.1, 0.15) is 0 Å². The number of thiocarbonyl (C=S) groups is 1. The lowest BCUT2D eigenvalue weighted by Crippen LogP contribution is -2.44. The number of carbonyl (C=O) groups excluding carboxylic acids is 1. The molecule has 0 atom stereocenters. The number of hydrogen-bond acceptors (Lipinski definition) is 6. The third-order valence-corrected chi connectivity index (χ3v) is 6.56. The summed E-state index contributed by atoms with van der Waals surface area (Å²) in [6, 6.07) is 6.77. The quantitative estimate of drug-likeness (QED) is 0.378. The summed E-state index contributed by atoms with van der Waals surface area (Å²) in [7, 11) is 1.50. The normalized spacial score (nSPS) is 11.6. The molecular formula is C20H23F3N4O5S2. The molecule has 0 aliphatic heterocycles. The highest BCUT2D eigenvalue weighted by Crippen LogP contribution is 2.34. The molecule has 2 aromatic carbocycles. The fourth-order valence-electron chi connectivity index (χ4n) is 2.73. The summed E-state index contributed by atoms with van der Waals surface area (Å²) >= 11 is 5.02. The molecule has 0 unspecified atom stereocenters. The first-order valence-corrected chi connectivity index (χ1v) is 11.3. The highest BCUT2D eigenvalue weighted by Gasteiger charge is 2.30. The lowest BCUT2D eigenvalue weighted by Gasteiger charge is -2.18. The number of hydrogen-bond donors (Lipinski definition) is 3. The summed E-state index contributed by atoms with van der Waals surface area (Å²) in [5, 5.41) is 2.53. The molecule has 0 radical (unpaired) electrons. The van der Waals surface area contributed by atoms with Crippen LogP contribution in [-0.4, -0.2) is 52.1 Å². The molecular weight excluding hydrogens is 497 g/mol. The van der Waals surface area contributed by atoms with Crippen LogP contribution in [0.25, 0.3) is 0 Å². The van der Waals surface area contributed by atoms with Crippen molar-refractivity contribution in [3.05, 3.63) is 47.5 Å². The number of hydrazine groups is 1. The Morgan fingerprint density at radius 2 is 1.59 bits per heavy atom. The van der Waals surface area contributed by atoms with E-state index < -0.39 is 27.7 Å². The average molecular weight is 521 g/mol. The molecule has 0 saturated heterocycles. The molecule has 0 spiro atoms. The van der Waals surface area contributed by atoms with Crippen molar-refractivity contribution in [2.24, 2.45) is 0 Å². The summed E-state index contributed by atoms with van der Waals surface area (Å²) in [4.78, 5) is 12.3. The minimum Gasteiger partial charge on any atom is -0.493 e. The summed E-state index contributed by atoms with van der Waals surface area (Å²) in [6.07, 6.45) is -4.83. The molecule has 0 heterocycles. The number of methoxy groups -OCH3 is 2. The van der Waals surface area contributed by atoms with E-state index in [2.05, 4.69) is 16.2 Å². The van der Waals surface area contributed by atoms with Crippen LogP contribution in [0.2, 0.25) is 0 Å². The fourth-order valence-corrected chi connectivity index (χ4v) is 4.01. The third kappa shape index (κ3) is 6.71. The molecule has 0 aliphatic rings. The molecule has 0 fully saturated rings. The van der Waals surface area contributed by atoms with Crippen molar-refractivity contribution in [1.29, 1.82) is 0 Å². The Morgan fingerprint density at radius 3 is 2.09 bits per heavy atom. The number of carbonyl (C=O) groups is 1. The Morgan fingerprint density at radius 1 is 1.03 bits per heavy atom. The number of ether oxygens (including phenoxy) is 2. The van der Waals surface area contributed by atoms with Gasteiger partial charge in [0.05, 0.1) is 31.1 Å². The van der Waals surface area contributed by atoms with Gasteiger partial charge in [0.2, 0.25) is 15.9 Å². The van der Waals surface area contributed by atoms with Crippen LogP contribution in [0.5, 0.6) is 11.5 Å². The van der Waals surface area contributed by atoms with Crippen molar-refractivity contribution in [2.75, 3.05) is 33.6 Å². The van der Waals surface area contributed by atoms with Gasteiger partial charge in [-0.3, -0.25) is 15.6 Å². The van der Waals surface area contributed by atoms with Gasteiger partial charge in [-0.25, -0.2) is 12.7 Å². The minimum atomic E-state index is -4.46. The lowest BCUT2D eigenvalue weighted by atomic mass is 10.1. The lowest BCUT2D eigenvalue weighted by molar-refractivity contribution is -0.137. The maximum atomic E-state index is 12.7. The van der Waals surface area contributed by atoms with Gasteiger partial charge >= 0.3 is 6.18 Å². The monoisotopic (exact) mass is 520 g/mol. The summed E-state index contributed by atoms with van der Waals surface area (Å²) in [5.41, 5.74) is 4.31.